The SMILES string of the molecule is CCCCCCCCCCCCCCCCCCC(CCCC)OC(=O)CCCCN(C)C. The molecular weight excluding hydrogens is 406 g/mol. The summed E-state index contributed by atoms with van der Waals surface area (Å²) < 4.78 is 5.83. The fraction of sp³-hybridized carbons (Fsp3) is 0.967. The van der Waals surface area contributed by atoms with Crippen molar-refractivity contribution < 1.29 is 9.53 Å². The topological polar surface area (TPSA) is 29.5 Å². The average Bonchev–Trinajstić information content (AvgIpc) is 2.79. The fourth-order valence-electron chi connectivity index (χ4n) is 4.56. The van der Waals surface area contributed by atoms with Gasteiger partial charge in [-0.15, -0.1) is 0 Å². The Labute approximate surface area is 208 Å². The zero-order valence-electron chi connectivity index (χ0n) is 23.3. The van der Waals surface area contributed by atoms with Gasteiger partial charge in [0.2, 0.25) is 0 Å². The second-order valence-electron chi connectivity index (χ2n) is 10.6. The van der Waals surface area contributed by atoms with E-state index in [1.54, 1.807) is 0 Å². The van der Waals surface area contributed by atoms with Crippen LogP contribution >= 0.6 is 0 Å². The lowest BCUT2D eigenvalue weighted by molar-refractivity contribution is -0.150. The van der Waals surface area contributed by atoms with Crippen molar-refractivity contribution in [3.05, 3.63) is 0 Å². The highest BCUT2D eigenvalue weighted by Gasteiger charge is 2.13. The molecular formula is C30H61NO2. The Morgan fingerprint density at radius 1 is 0.576 bits per heavy atom. The number of hydrogen-bond acceptors (Lipinski definition) is 3. The summed E-state index contributed by atoms with van der Waals surface area (Å²) in [5.41, 5.74) is 0. The molecule has 0 N–H and O–H groups in total. The predicted molar refractivity (Wildman–Crippen MR) is 146 cm³/mol. The van der Waals surface area contributed by atoms with Gasteiger partial charge >= 0.3 is 5.97 Å². The quantitative estimate of drug-likeness (QED) is 0.0936. The Morgan fingerprint density at radius 3 is 1.45 bits per heavy atom. The molecule has 0 spiro atoms. The van der Waals surface area contributed by atoms with Gasteiger partial charge in [-0.2, -0.15) is 0 Å². The standard InChI is InChI=1S/C30H61NO2/c1-5-7-9-10-11-12-13-14-15-16-17-18-19-20-21-22-26-29(25-8-6-2)33-30(32)27-23-24-28-31(3)4/h29H,5-28H2,1-4H3. The Morgan fingerprint density at radius 2 is 1.00 bits per heavy atom. The van der Waals surface area contributed by atoms with E-state index >= 15 is 0 Å². The van der Waals surface area contributed by atoms with Gasteiger partial charge in [-0.25, -0.2) is 0 Å². The number of carbonyl (C=O) groups is 1. The van der Waals surface area contributed by atoms with Gasteiger partial charge in [0.1, 0.15) is 6.10 Å². The molecule has 0 aliphatic heterocycles. The van der Waals surface area contributed by atoms with Gasteiger partial charge in [-0.1, -0.05) is 123 Å². The van der Waals surface area contributed by atoms with Crippen LogP contribution in [0.3, 0.4) is 0 Å². The molecule has 33 heavy (non-hydrogen) atoms. The largest absolute Gasteiger partial charge is 0.462 e. The Kier molecular flexibility index (Phi) is 25.6. The Bertz CT molecular complexity index is 397. The van der Waals surface area contributed by atoms with Crippen molar-refractivity contribution in [1.82, 2.24) is 4.90 Å². The summed E-state index contributed by atoms with van der Waals surface area (Å²) in [5, 5.41) is 0. The van der Waals surface area contributed by atoms with E-state index in [9.17, 15) is 4.79 Å². The van der Waals surface area contributed by atoms with Crippen molar-refractivity contribution in [2.45, 2.75) is 168 Å². The van der Waals surface area contributed by atoms with E-state index in [4.69, 9.17) is 4.74 Å². The van der Waals surface area contributed by atoms with Crippen LogP contribution in [0.15, 0.2) is 0 Å². The molecule has 0 aliphatic rings. The minimum Gasteiger partial charge on any atom is -0.462 e. The molecule has 0 radical (unpaired) electrons. The molecule has 0 aliphatic carbocycles. The smallest absolute Gasteiger partial charge is 0.306 e. The molecule has 0 saturated heterocycles. The van der Waals surface area contributed by atoms with Crippen molar-refractivity contribution in [3.8, 4) is 0 Å². The maximum atomic E-state index is 12.2. The third-order valence-electron chi connectivity index (χ3n) is 6.79. The summed E-state index contributed by atoms with van der Waals surface area (Å²) in [6.07, 6.45) is 29.6. The minimum atomic E-state index is 0.0198. The van der Waals surface area contributed by atoms with Gasteiger partial charge in [-0.05, 0) is 52.7 Å². The first kappa shape index (κ1) is 32.4. The Balaban J connectivity index is 3.58. The van der Waals surface area contributed by atoms with Crippen LogP contribution in [0.25, 0.3) is 0 Å². The second-order valence-corrected chi connectivity index (χ2v) is 10.6. The molecule has 198 valence electrons. The number of carbonyl (C=O) groups excluding carboxylic acids is 1. The first-order chi connectivity index (χ1) is 16.1. The zero-order valence-corrected chi connectivity index (χ0v) is 23.3. The molecule has 1 unspecified atom stereocenters. The molecule has 0 rings (SSSR count). The summed E-state index contributed by atoms with van der Waals surface area (Å²) in [6.45, 7) is 5.56. The number of ether oxygens (including phenoxy) is 1. The minimum absolute atomic E-state index is 0.0198. The number of esters is 1. The van der Waals surface area contributed by atoms with Gasteiger partial charge in [0.15, 0.2) is 0 Å². The maximum Gasteiger partial charge on any atom is 0.306 e. The summed E-state index contributed by atoms with van der Waals surface area (Å²) in [4.78, 5) is 14.4. The third-order valence-corrected chi connectivity index (χ3v) is 6.79. The molecule has 3 nitrogen and oxygen atoms in total. The highest BCUT2D eigenvalue weighted by molar-refractivity contribution is 5.69. The molecule has 0 aromatic heterocycles. The lowest BCUT2D eigenvalue weighted by atomic mass is 10.0. The van der Waals surface area contributed by atoms with E-state index in [1.807, 2.05) is 0 Å². The second kappa shape index (κ2) is 26.0. The molecule has 1 atom stereocenters. The first-order valence-electron chi connectivity index (χ1n) is 14.9. The van der Waals surface area contributed by atoms with Crippen LogP contribution in [0.5, 0.6) is 0 Å². The lowest BCUT2D eigenvalue weighted by Gasteiger charge is -2.18. The van der Waals surface area contributed by atoms with Gasteiger partial charge in [-0.3, -0.25) is 4.79 Å². The zero-order chi connectivity index (χ0) is 24.4. The average molecular weight is 468 g/mol. The van der Waals surface area contributed by atoms with Crippen LogP contribution in [-0.2, 0) is 9.53 Å². The number of hydrogen-bond donors (Lipinski definition) is 0. The number of nitrogens with zero attached hydrogens (tertiary/aromatic N) is 1. The van der Waals surface area contributed by atoms with Gasteiger partial charge in [0.25, 0.3) is 0 Å². The lowest BCUT2D eigenvalue weighted by Crippen LogP contribution is -2.19. The van der Waals surface area contributed by atoms with E-state index in [-0.39, 0.29) is 12.1 Å². The fourth-order valence-corrected chi connectivity index (χ4v) is 4.56. The van der Waals surface area contributed by atoms with E-state index in [0.29, 0.717) is 6.42 Å². The molecule has 0 amide bonds. The molecule has 0 bridgehead atoms. The monoisotopic (exact) mass is 467 g/mol. The van der Waals surface area contributed by atoms with Crippen LogP contribution in [0.1, 0.15) is 162 Å². The first-order valence-corrected chi connectivity index (χ1v) is 14.9. The maximum absolute atomic E-state index is 12.2. The van der Waals surface area contributed by atoms with Crippen LogP contribution < -0.4 is 0 Å². The number of unbranched alkanes of at least 4 members (excludes halogenated alkanes) is 17. The van der Waals surface area contributed by atoms with Crippen LogP contribution in [-0.4, -0.2) is 37.6 Å². The molecule has 3 heteroatoms. The normalized spacial score (nSPS) is 12.4. The van der Waals surface area contributed by atoms with Gasteiger partial charge < -0.3 is 9.64 Å². The van der Waals surface area contributed by atoms with Crippen LogP contribution in [0.4, 0.5) is 0 Å². The summed E-state index contributed by atoms with van der Waals surface area (Å²) in [6, 6.07) is 0. The summed E-state index contributed by atoms with van der Waals surface area (Å²) >= 11 is 0. The van der Waals surface area contributed by atoms with Crippen LogP contribution in [0.2, 0.25) is 0 Å². The molecule has 0 aromatic carbocycles. The van der Waals surface area contributed by atoms with Gasteiger partial charge in [0.05, 0.1) is 0 Å². The van der Waals surface area contributed by atoms with Crippen LogP contribution in [0, 0.1) is 0 Å². The highest BCUT2D eigenvalue weighted by atomic mass is 16.5. The molecule has 0 saturated carbocycles. The summed E-state index contributed by atoms with van der Waals surface area (Å²) in [7, 11) is 4.16. The molecule has 0 fully saturated rings. The van der Waals surface area contributed by atoms with Crippen molar-refractivity contribution in [2.75, 3.05) is 20.6 Å². The number of rotatable bonds is 26. The van der Waals surface area contributed by atoms with Crippen molar-refractivity contribution in [1.29, 1.82) is 0 Å². The molecule has 0 heterocycles. The Hall–Kier alpha value is -0.570. The van der Waals surface area contributed by atoms with E-state index in [0.717, 1.165) is 38.6 Å². The van der Waals surface area contributed by atoms with Gasteiger partial charge in [0, 0.05) is 6.42 Å². The molecule has 0 aromatic rings. The highest BCUT2D eigenvalue weighted by Crippen LogP contribution is 2.17. The van der Waals surface area contributed by atoms with E-state index in [2.05, 4.69) is 32.8 Å². The van der Waals surface area contributed by atoms with E-state index < -0.39 is 0 Å². The van der Waals surface area contributed by atoms with Crippen molar-refractivity contribution in [2.24, 2.45) is 0 Å². The predicted octanol–water partition coefficient (Wildman–Crippen LogP) is 9.47. The van der Waals surface area contributed by atoms with Crippen molar-refractivity contribution in [3.63, 3.8) is 0 Å². The third kappa shape index (κ3) is 25.9. The van der Waals surface area contributed by atoms with Crippen molar-refractivity contribution >= 4 is 5.97 Å². The summed E-state index contributed by atoms with van der Waals surface area (Å²) in [5.74, 6) is 0.0198. The van der Waals surface area contributed by atoms with E-state index in [1.165, 1.54) is 109 Å².